The fraction of sp³-hybridized carbons (Fsp3) is 0.188. The predicted molar refractivity (Wildman–Crippen MR) is 98.5 cm³/mol. The summed E-state index contributed by atoms with van der Waals surface area (Å²) in [7, 11) is -2.14. The Balaban J connectivity index is 2.34. The van der Waals surface area contributed by atoms with Gasteiger partial charge in [-0.2, -0.15) is 0 Å². The van der Waals surface area contributed by atoms with Crippen LogP contribution in [0.15, 0.2) is 48.5 Å². The van der Waals surface area contributed by atoms with Gasteiger partial charge in [0.1, 0.15) is 6.54 Å². The number of rotatable bonds is 5. The van der Waals surface area contributed by atoms with Crippen LogP contribution in [-0.2, 0) is 14.8 Å². The number of amides is 1. The topological polar surface area (TPSA) is 57.7 Å². The quantitative estimate of drug-likeness (QED) is 0.790. The second kappa shape index (κ2) is 7.42. The summed E-state index contributed by atoms with van der Waals surface area (Å²) in [4.78, 5) is 13.9. The number of hydrogen-bond acceptors (Lipinski definition) is 3. The SMILES string of the molecule is CN(C(=O)CN(c1cccc(Cl)c1Cl)S(C)(=O)=O)c1ccccc1. The van der Waals surface area contributed by atoms with Crippen LogP contribution in [0.3, 0.4) is 0 Å². The minimum atomic E-state index is -3.73. The molecule has 5 nitrogen and oxygen atoms in total. The van der Waals surface area contributed by atoms with Crippen molar-refractivity contribution >= 4 is 50.5 Å². The van der Waals surface area contributed by atoms with Crippen LogP contribution in [0.4, 0.5) is 11.4 Å². The monoisotopic (exact) mass is 386 g/mol. The van der Waals surface area contributed by atoms with E-state index in [0.29, 0.717) is 5.69 Å². The van der Waals surface area contributed by atoms with Crippen molar-refractivity contribution < 1.29 is 13.2 Å². The van der Waals surface area contributed by atoms with Gasteiger partial charge in [0.15, 0.2) is 0 Å². The molecule has 2 rings (SSSR count). The zero-order valence-corrected chi connectivity index (χ0v) is 15.4. The molecular weight excluding hydrogens is 371 g/mol. The summed E-state index contributed by atoms with van der Waals surface area (Å²) in [6, 6.07) is 13.6. The summed E-state index contributed by atoms with van der Waals surface area (Å²) < 4.78 is 25.2. The van der Waals surface area contributed by atoms with Crippen LogP contribution < -0.4 is 9.21 Å². The Bertz CT molecular complexity index is 842. The molecule has 2 aromatic carbocycles. The minimum Gasteiger partial charge on any atom is -0.314 e. The van der Waals surface area contributed by atoms with Crippen molar-refractivity contribution in [1.82, 2.24) is 0 Å². The van der Waals surface area contributed by atoms with Crippen molar-refractivity contribution in [2.45, 2.75) is 0 Å². The van der Waals surface area contributed by atoms with E-state index in [1.165, 1.54) is 11.0 Å². The lowest BCUT2D eigenvalue weighted by Gasteiger charge is -2.26. The highest BCUT2D eigenvalue weighted by Gasteiger charge is 2.25. The number of anilines is 2. The molecule has 0 heterocycles. The fourth-order valence-corrected chi connectivity index (χ4v) is 3.39. The zero-order valence-electron chi connectivity index (χ0n) is 13.1. The average Bonchev–Trinajstić information content (AvgIpc) is 2.54. The molecule has 0 aromatic heterocycles. The van der Waals surface area contributed by atoms with Gasteiger partial charge < -0.3 is 4.90 Å². The van der Waals surface area contributed by atoms with E-state index in [1.807, 2.05) is 6.07 Å². The number of sulfonamides is 1. The molecule has 2 aromatic rings. The number of halogens is 2. The smallest absolute Gasteiger partial charge is 0.247 e. The first-order valence-corrected chi connectivity index (χ1v) is 9.55. The third kappa shape index (κ3) is 4.20. The molecule has 0 aliphatic rings. The van der Waals surface area contributed by atoms with Gasteiger partial charge in [0, 0.05) is 12.7 Å². The van der Waals surface area contributed by atoms with E-state index in [0.717, 1.165) is 10.6 Å². The Kier molecular flexibility index (Phi) is 5.74. The van der Waals surface area contributed by atoms with Gasteiger partial charge in [-0.1, -0.05) is 47.5 Å². The number of likely N-dealkylation sites (N-methyl/N-ethyl adjacent to an activating group) is 1. The summed E-state index contributed by atoms with van der Waals surface area (Å²) >= 11 is 12.1. The van der Waals surface area contributed by atoms with Gasteiger partial charge in [0.25, 0.3) is 0 Å². The summed E-state index contributed by atoms with van der Waals surface area (Å²) in [6.07, 6.45) is 1.01. The minimum absolute atomic E-state index is 0.0831. The summed E-state index contributed by atoms with van der Waals surface area (Å²) in [5.41, 5.74) is 0.828. The van der Waals surface area contributed by atoms with Gasteiger partial charge in [-0.05, 0) is 24.3 Å². The highest BCUT2D eigenvalue weighted by molar-refractivity contribution is 7.92. The molecule has 0 bridgehead atoms. The molecule has 0 aliphatic heterocycles. The van der Waals surface area contributed by atoms with Gasteiger partial charge >= 0.3 is 0 Å². The van der Waals surface area contributed by atoms with Crippen LogP contribution in [0.25, 0.3) is 0 Å². The number of benzene rings is 2. The summed E-state index contributed by atoms with van der Waals surface area (Å²) in [5, 5.41) is 0.298. The maximum atomic E-state index is 12.5. The Morgan fingerprint density at radius 1 is 1.04 bits per heavy atom. The molecule has 0 saturated carbocycles. The first-order valence-electron chi connectivity index (χ1n) is 6.95. The first-order chi connectivity index (χ1) is 11.2. The van der Waals surface area contributed by atoms with Crippen molar-refractivity contribution in [3.8, 4) is 0 Å². The van der Waals surface area contributed by atoms with Crippen LogP contribution in [0.2, 0.25) is 10.0 Å². The standard InChI is InChI=1S/C16H16Cl2N2O3S/c1-19(12-7-4-3-5-8-12)15(21)11-20(24(2,22)23)14-10-6-9-13(17)16(14)18/h3-10H,11H2,1-2H3. The molecule has 0 fully saturated rings. The normalized spacial score (nSPS) is 11.2. The molecule has 8 heteroatoms. The molecule has 128 valence electrons. The maximum absolute atomic E-state index is 12.5. The second-order valence-electron chi connectivity index (χ2n) is 5.13. The number of carbonyl (C=O) groups excluding carboxylic acids is 1. The summed E-state index contributed by atoms with van der Waals surface area (Å²) in [6.45, 7) is -0.385. The molecule has 0 atom stereocenters. The van der Waals surface area contributed by atoms with Crippen molar-refractivity contribution in [3.05, 3.63) is 58.6 Å². The summed E-state index contributed by atoms with van der Waals surface area (Å²) in [5.74, 6) is -0.400. The van der Waals surface area contributed by atoms with Crippen LogP contribution in [0, 0.1) is 0 Å². The Labute approximate surface area is 151 Å². The average molecular weight is 387 g/mol. The van der Waals surface area contributed by atoms with Gasteiger partial charge in [-0.3, -0.25) is 9.10 Å². The molecule has 24 heavy (non-hydrogen) atoms. The molecule has 0 saturated heterocycles. The van der Waals surface area contributed by atoms with E-state index in [4.69, 9.17) is 23.2 Å². The molecule has 0 N–H and O–H groups in total. The number of para-hydroxylation sites is 1. The van der Waals surface area contributed by atoms with Crippen molar-refractivity contribution in [3.63, 3.8) is 0 Å². The van der Waals surface area contributed by atoms with E-state index >= 15 is 0 Å². The van der Waals surface area contributed by atoms with Crippen LogP contribution in [-0.4, -0.2) is 34.2 Å². The highest BCUT2D eigenvalue weighted by Crippen LogP contribution is 2.33. The lowest BCUT2D eigenvalue weighted by atomic mass is 10.3. The number of hydrogen-bond donors (Lipinski definition) is 0. The Morgan fingerprint density at radius 3 is 2.25 bits per heavy atom. The predicted octanol–water partition coefficient (Wildman–Crippen LogP) is 3.42. The van der Waals surface area contributed by atoms with Gasteiger partial charge in [-0.25, -0.2) is 8.42 Å². The first kappa shape index (κ1) is 18.6. The molecule has 0 unspecified atom stereocenters. The fourth-order valence-electron chi connectivity index (χ4n) is 2.09. The van der Waals surface area contributed by atoms with Gasteiger partial charge in [0.2, 0.25) is 15.9 Å². The van der Waals surface area contributed by atoms with Gasteiger partial charge in [0.05, 0.1) is 22.0 Å². The second-order valence-corrected chi connectivity index (χ2v) is 7.82. The van der Waals surface area contributed by atoms with Crippen molar-refractivity contribution in [2.24, 2.45) is 0 Å². The van der Waals surface area contributed by atoms with Crippen LogP contribution >= 0.6 is 23.2 Å². The van der Waals surface area contributed by atoms with Crippen LogP contribution in [0.5, 0.6) is 0 Å². The largest absolute Gasteiger partial charge is 0.314 e. The van der Waals surface area contributed by atoms with Gasteiger partial charge in [-0.15, -0.1) is 0 Å². The van der Waals surface area contributed by atoms with E-state index in [1.54, 1.807) is 43.4 Å². The lowest BCUT2D eigenvalue weighted by Crippen LogP contribution is -2.41. The lowest BCUT2D eigenvalue weighted by molar-refractivity contribution is -0.116. The molecule has 0 aliphatic carbocycles. The molecule has 1 amide bonds. The zero-order chi connectivity index (χ0) is 17.9. The highest BCUT2D eigenvalue weighted by atomic mass is 35.5. The number of carbonyl (C=O) groups is 1. The van der Waals surface area contributed by atoms with E-state index in [9.17, 15) is 13.2 Å². The van der Waals surface area contributed by atoms with Crippen LogP contribution in [0.1, 0.15) is 0 Å². The van der Waals surface area contributed by atoms with Crippen molar-refractivity contribution in [1.29, 1.82) is 0 Å². The number of nitrogens with zero attached hydrogens (tertiary/aromatic N) is 2. The van der Waals surface area contributed by atoms with Crippen molar-refractivity contribution in [2.75, 3.05) is 29.1 Å². The Hall–Kier alpha value is -1.76. The Morgan fingerprint density at radius 2 is 1.67 bits per heavy atom. The maximum Gasteiger partial charge on any atom is 0.247 e. The molecule has 0 spiro atoms. The van der Waals surface area contributed by atoms with E-state index < -0.39 is 15.9 Å². The van der Waals surface area contributed by atoms with E-state index in [-0.39, 0.29) is 22.3 Å². The third-order valence-corrected chi connectivity index (χ3v) is 5.33. The molecule has 0 radical (unpaired) electrons. The molecular formula is C16H16Cl2N2O3S. The third-order valence-electron chi connectivity index (χ3n) is 3.40. The van der Waals surface area contributed by atoms with E-state index in [2.05, 4.69) is 0 Å².